The molecule has 2 rings (SSSR count). The van der Waals surface area contributed by atoms with Crippen LogP contribution >= 0.6 is 11.6 Å². The highest BCUT2D eigenvalue weighted by Gasteiger charge is 2.13. The zero-order valence-electron chi connectivity index (χ0n) is 8.45. The van der Waals surface area contributed by atoms with Gasteiger partial charge in [0, 0.05) is 6.20 Å². The van der Waals surface area contributed by atoms with Gasteiger partial charge < -0.3 is 10.1 Å². The molecule has 1 aliphatic rings. The van der Waals surface area contributed by atoms with E-state index in [1.165, 1.54) is 0 Å². The van der Waals surface area contributed by atoms with Gasteiger partial charge in [-0.25, -0.2) is 9.97 Å². The third-order valence-corrected chi connectivity index (χ3v) is 2.62. The minimum atomic E-state index is 0.279. The minimum Gasteiger partial charge on any atom is -0.372 e. The number of halogens is 1. The fourth-order valence-corrected chi connectivity index (χ4v) is 1.78. The molecule has 0 aliphatic carbocycles. The van der Waals surface area contributed by atoms with E-state index in [-0.39, 0.29) is 5.28 Å². The van der Waals surface area contributed by atoms with Crippen LogP contribution in [0.5, 0.6) is 0 Å². The first-order valence-electron chi connectivity index (χ1n) is 5.14. The van der Waals surface area contributed by atoms with Crippen molar-refractivity contribution in [3.05, 3.63) is 23.2 Å². The summed E-state index contributed by atoms with van der Waals surface area (Å²) in [4.78, 5) is 7.89. The summed E-state index contributed by atoms with van der Waals surface area (Å²) < 4.78 is 5.74. The van der Waals surface area contributed by atoms with Crippen LogP contribution in [-0.2, 0) is 11.3 Å². The molecule has 0 bridgehead atoms. The summed E-state index contributed by atoms with van der Waals surface area (Å²) in [5.41, 5.74) is 0.841. The molecule has 0 saturated carbocycles. The number of hydrogen-bond donors (Lipinski definition) is 1. The van der Waals surface area contributed by atoms with Gasteiger partial charge in [0.1, 0.15) is 0 Å². The van der Waals surface area contributed by atoms with Crippen molar-refractivity contribution in [2.75, 3.05) is 13.1 Å². The SMILES string of the molecule is Clc1nccc(COC2CCNCC2)n1. The lowest BCUT2D eigenvalue weighted by Crippen LogP contribution is -2.32. The monoisotopic (exact) mass is 227 g/mol. The van der Waals surface area contributed by atoms with Gasteiger partial charge in [0.05, 0.1) is 18.4 Å². The molecule has 1 saturated heterocycles. The molecule has 1 aromatic heterocycles. The van der Waals surface area contributed by atoms with Crippen LogP contribution in [0.15, 0.2) is 12.3 Å². The average Bonchev–Trinajstić information content (AvgIpc) is 2.28. The molecule has 1 aliphatic heterocycles. The van der Waals surface area contributed by atoms with Crippen molar-refractivity contribution in [1.82, 2.24) is 15.3 Å². The third-order valence-electron chi connectivity index (χ3n) is 2.44. The fraction of sp³-hybridized carbons (Fsp3) is 0.600. The zero-order chi connectivity index (χ0) is 10.5. The summed E-state index contributed by atoms with van der Waals surface area (Å²) in [7, 11) is 0. The standard InChI is InChI=1S/C10H14ClN3O/c11-10-13-6-1-8(14-10)7-15-9-2-4-12-5-3-9/h1,6,9,12H,2-5,7H2. The molecule has 82 valence electrons. The lowest BCUT2D eigenvalue weighted by molar-refractivity contribution is 0.0195. The Hall–Kier alpha value is -0.710. The Balaban J connectivity index is 1.81. The van der Waals surface area contributed by atoms with Crippen LogP contribution in [0.3, 0.4) is 0 Å². The van der Waals surface area contributed by atoms with Crippen LogP contribution in [0.2, 0.25) is 5.28 Å². The molecule has 0 unspecified atom stereocenters. The summed E-state index contributed by atoms with van der Waals surface area (Å²) in [6, 6.07) is 1.83. The largest absolute Gasteiger partial charge is 0.372 e. The Morgan fingerprint density at radius 3 is 3.00 bits per heavy atom. The molecule has 1 N–H and O–H groups in total. The van der Waals surface area contributed by atoms with Crippen molar-refractivity contribution >= 4 is 11.6 Å². The van der Waals surface area contributed by atoms with Crippen molar-refractivity contribution in [3.63, 3.8) is 0 Å². The summed E-state index contributed by atoms with van der Waals surface area (Å²) in [5.74, 6) is 0. The summed E-state index contributed by atoms with van der Waals surface area (Å²) in [6.45, 7) is 2.59. The molecule has 0 amide bonds. The maximum absolute atomic E-state index is 5.74. The number of nitrogens with one attached hydrogen (secondary N) is 1. The highest BCUT2D eigenvalue weighted by Crippen LogP contribution is 2.10. The minimum absolute atomic E-state index is 0.279. The summed E-state index contributed by atoms with van der Waals surface area (Å²) in [6.07, 6.45) is 4.13. The van der Waals surface area contributed by atoms with E-state index >= 15 is 0 Å². The Bertz CT molecular complexity index is 315. The maximum atomic E-state index is 5.74. The van der Waals surface area contributed by atoms with E-state index < -0.39 is 0 Å². The highest BCUT2D eigenvalue weighted by molar-refractivity contribution is 6.28. The molecule has 5 heteroatoms. The van der Waals surface area contributed by atoms with E-state index in [4.69, 9.17) is 16.3 Å². The number of piperidine rings is 1. The van der Waals surface area contributed by atoms with E-state index in [0.29, 0.717) is 12.7 Å². The highest BCUT2D eigenvalue weighted by atomic mass is 35.5. The Morgan fingerprint density at radius 2 is 2.27 bits per heavy atom. The quantitative estimate of drug-likeness (QED) is 0.793. The summed E-state index contributed by atoms with van der Waals surface area (Å²) >= 11 is 5.68. The Labute approximate surface area is 94.0 Å². The van der Waals surface area contributed by atoms with Gasteiger partial charge in [0.25, 0.3) is 0 Å². The first-order valence-corrected chi connectivity index (χ1v) is 5.52. The smallest absolute Gasteiger partial charge is 0.222 e. The topological polar surface area (TPSA) is 47.0 Å². The fourth-order valence-electron chi connectivity index (χ4n) is 1.62. The van der Waals surface area contributed by atoms with Gasteiger partial charge >= 0.3 is 0 Å². The van der Waals surface area contributed by atoms with Crippen molar-refractivity contribution in [1.29, 1.82) is 0 Å². The average molecular weight is 228 g/mol. The van der Waals surface area contributed by atoms with Gasteiger partial charge in [0.15, 0.2) is 0 Å². The van der Waals surface area contributed by atoms with Gasteiger partial charge in [-0.3, -0.25) is 0 Å². The van der Waals surface area contributed by atoms with Crippen LogP contribution < -0.4 is 5.32 Å². The molecule has 1 fully saturated rings. The molecule has 0 radical (unpaired) electrons. The number of ether oxygens (including phenoxy) is 1. The van der Waals surface area contributed by atoms with Crippen molar-refractivity contribution in [3.8, 4) is 0 Å². The zero-order valence-corrected chi connectivity index (χ0v) is 9.20. The van der Waals surface area contributed by atoms with Gasteiger partial charge in [-0.15, -0.1) is 0 Å². The number of rotatable bonds is 3. The molecule has 2 heterocycles. The number of hydrogen-bond acceptors (Lipinski definition) is 4. The van der Waals surface area contributed by atoms with E-state index in [9.17, 15) is 0 Å². The van der Waals surface area contributed by atoms with Crippen molar-refractivity contribution in [2.24, 2.45) is 0 Å². The molecule has 0 spiro atoms. The normalized spacial score (nSPS) is 17.9. The van der Waals surface area contributed by atoms with Gasteiger partial charge in [-0.2, -0.15) is 0 Å². The summed E-state index contributed by atoms with van der Waals surface area (Å²) in [5, 5.41) is 3.57. The first-order chi connectivity index (χ1) is 7.34. The lowest BCUT2D eigenvalue weighted by Gasteiger charge is -2.22. The van der Waals surface area contributed by atoms with Crippen LogP contribution in [0.1, 0.15) is 18.5 Å². The van der Waals surface area contributed by atoms with Crippen LogP contribution in [0.25, 0.3) is 0 Å². The third kappa shape index (κ3) is 3.41. The van der Waals surface area contributed by atoms with E-state index in [2.05, 4.69) is 15.3 Å². The Morgan fingerprint density at radius 1 is 1.47 bits per heavy atom. The van der Waals surface area contributed by atoms with Crippen LogP contribution in [0.4, 0.5) is 0 Å². The maximum Gasteiger partial charge on any atom is 0.222 e. The second kappa shape index (κ2) is 5.39. The number of aromatic nitrogens is 2. The second-order valence-corrected chi connectivity index (χ2v) is 3.92. The molecular weight excluding hydrogens is 214 g/mol. The van der Waals surface area contributed by atoms with Crippen molar-refractivity contribution < 1.29 is 4.74 Å². The van der Waals surface area contributed by atoms with Gasteiger partial charge in [-0.05, 0) is 43.6 Å². The van der Waals surface area contributed by atoms with Crippen molar-refractivity contribution in [2.45, 2.75) is 25.6 Å². The van der Waals surface area contributed by atoms with E-state index in [1.54, 1.807) is 6.20 Å². The van der Waals surface area contributed by atoms with E-state index in [1.807, 2.05) is 6.07 Å². The predicted octanol–water partition coefficient (Wildman–Crippen LogP) is 1.40. The molecule has 0 aromatic carbocycles. The second-order valence-electron chi connectivity index (χ2n) is 3.58. The van der Waals surface area contributed by atoms with Gasteiger partial charge in [-0.1, -0.05) is 0 Å². The van der Waals surface area contributed by atoms with Gasteiger partial charge in [0.2, 0.25) is 5.28 Å². The number of nitrogens with zero attached hydrogens (tertiary/aromatic N) is 2. The molecule has 15 heavy (non-hydrogen) atoms. The lowest BCUT2D eigenvalue weighted by atomic mass is 10.1. The Kier molecular flexibility index (Phi) is 3.88. The van der Waals surface area contributed by atoms with E-state index in [0.717, 1.165) is 31.6 Å². The molecule has 0 atom stereocenters. The molecule has 1 aromatic rings. The predicted molar refractivity (Wildman–Crippen MR) is 57.7 cm³/mol. The first kappa shape index (κ1) is 10.8. The van der Waals surface area contributed by atoms with Crippen LogP contribution in [-0.4, -0.2) is 29.2 Å². The van der Waals surface area contributed by atoms with Crippen LogP contribution in [0, 0.1) is 0 Å². The molecular formula is C10H14ClN3O. The molecule has 4 nitrogen and oxygen atoms in total.